The lowest BCUT2D eigenvalue weighted by molar-refractivity contribution is -0.136. The standard InChI is InChI=1S/C11H15BrN2O2/c1-7(14-6-11(15)16)5-8-9(12)3-2-4-10(8)13/h2-4,7,14H,5-6,13H2,1H3,(H,15,16). The van der Waals surface area contributed by atoms with Gasteiger partial charge in [-0.15, -0.1) is 0 Å². The largest absolute Gasteiger partial charge is 0.480 e. The maximum absolute atomic E-state index is 10.4. The highest BCUT2D eigenvalue weighted by Gasteiger charge is 2.10. The Bertz CT molecular complexity index is 362. The summed E-state index contributed by atoms with van der Waals surface area (Å²) < 4.78 is 0.955. The number of carbonyl (C=O) groups is 1. The third kappa shape index (κ3) is 3.83. The number of aliphatic carboxylic acids is 1. The van der Waals surface area contributed by atoms with Crippen LogP contribution in [0.2, 0.25) is 0 Å². The van der Waals surface area contributed by atoms with Crippen LogP contribution < -0.4 is 11.1 Å². The average molecular weight is 287 g/mol. The highest BCUT2D eigenvalue weighted by atomic mass is 79.9. The molecule has 16 heavy (non-hydrogen) atoms. The molecular formula is C11H15BrN2O2. The van der Waals surface area contributed by atoms with E-state index in [1.807, 2.05) is 25.1 Å². The van der Waals surface area contributed by atoms with Gasteiger partial charge < -0.3 is 16.2 Å². The third-order valence-corrected chi connectivity index (χ3v) is 3.01. The van der Waals surface area contributed by atoms with E-state index >= 15 is 0 Å². The number of carboxylic acids is 1. The molecule has 0 saturated heterocycles. The molecule has 4 nitrogen and oxygen atoms in total. The van der Waals surface area contributed by atoms with Crippen molar-refractivity contribution < 1.29 is 9.90 Å². The van der Waals surface area contributed by atoms with Crippen molar-refractivity contribution in [3.8, 4) is 0 Å². The van der Waals surface area contributed by atoms with Crippen molar-refractivity contribution >= 4 is 27.6 Å². The van der Waals surface area contributed by atoms with Crippen LogP contribution in [0.3, 0.4) is 0 Å². The molecule has 1 atom stereocenters. The monoisotopic (exact) mass is 286 g/mol. The summed E-state index contributed by atoms with van der Waals surface area (Å²) in [5, 5.41) is 11.5. The molecule has 0 aliphatic rings. The van der Waals surface area contributed by atoms with Crippen LogP contribution >= 0.6 is 15.9 Å². The molecule has 1 aromatic carbocycles. The molecule has 0 fully saturated rings. The number of rotatable bonds is 5. The molecule has 0 aliphatic carbocycles. The molecule has 88 valence electrons. The first-order chi connectivity index (χ1) is 7.50. The van der Waals surface area contributed by atoms with Crippen LogP contribution in [-0.2, 0) is 11.2 Å². The van der Waals surface area contributed by atoms with Crippen molar-refractivity contribution in [1.82, 2.24) is 5.32 Å². The first kappa shape index (κ1) is 13.0. The second-order valence-corrected chi connectivity index (χ2v) is 4.54. The van der Waals surface area contributed by atoms with E-state index in [4.69, 9.17) is 10.8 Å². The number of nitrogens with one attached hydrogen (secondary N) is 1. The quantitative estimate of drug-likeness (QED) is 0.720. The molecule has 0 aromatic heterocycles. The number of benzene rings is 1. The van der Waals surface area contributed by atoms with Crippen LogP contribution in [0, 0.1) is 0 Å². The van der Waals surface area contributed by atoms with Crippen molar-refractivity contribution in [1.29, 1.82) is 0 Å². The maximum atomic E-state index is 10.4. The number of nitrogens with two attached hydrogens (primary N) is 1. The fourth-order valence-corrected chi connectivity index (χ4v) is 1.97. The summed E-state index contributed by atoms with van der Waals surface area (Å²) in [4.78, 5) is 10.4. The van der Waals surface area contributed by atoms with Gasteiger partial charge in [-0.2, -0.15) is 0 Å². The summed E-state index contributed by atoms with van der Waals surface area (Å²) in [6.45, 7) is 1.90. The van der Waals surface area contributed by atoms with Crippen molar-refractivity contribution in [3.63, 3.8) is 0 Å². The van der Waals surface area contributed by atoms with Crippen LogP contribution in [0.25, 0.3) is 0 Å². The van der Waals surface area contributed by atoms with E-state index in [1.165, 1.54) is 0 Å². The van der Waals surface area contributed by atoms with Gasteiger partial charge in [0.25, 0.3) is 0 Å². The van der Waals surface area contributed by atoms with Crippen LogP contribution in [-0.4, -0.2) is 23.7 Å². The van der Waals surface area contributed by atoms with Gasteiger partial charge in [0.05, 0.1) is 6.54 Å². The van der Waals surface area contributed by atoms with Crippen molar-refractivity contribution in [2.45, 2.75) is 19.4 Å². The minimum Gasteiger partial charge on any atom is -0.480 e. The lowest BCUT2D eigenvalue weighted by Gasteiger charge is -2.15. The molecule has 0 amide bonds. The van der Waals surface area contributed by atoms with Gasteiger partial charge in [-0.05, 0) is 31.0 Å². The molecule has 1 rings (SSSR count). The van der Waals surface area contributed by atoms with E-state index in [2.05, 4.69) is 21.2 Å². The first-order valence-corrected chi connectivity index (χ1v) is 5.78. The zero-order valence-electron chi connectivity index (χ0n) is 9.03. The minimum atomic E-state index is -0.855. The Morgan fingerprint density at radius 3 is 2.88 bits per heavy atom. The Morgan fingerprint density at radius 2 is 2.31 bits per heavy atom. The van der Waals surface area contributed by atoms with Gasteiger partial charge in [0.1, 0.15) is 0 Å². The fourth-order valence-electron chi connectivity index (χ4n) is 1.43. The Balaban J connectivity index is 2.62. The third-order valence-electron chi connectivity index (χ3n) is 2.27. The van der Waals surface area contributed by atoms with E-state index in [1.54, 1.807) is 0 Å². The molecule has 0 saturated carbocycles. The fraction of sp³-hybridized carbons (Fsp3) is 0.364. The molecule has 0 spiro atoms. The Morgan fingerprint density at radius 1 is 1.62 bits per heavy atom. The smallest absolute Gasteiger partial charge is 0.317 e. The Hall–Kier alpha value is -1.07. The second kappa shape index (κ2) is 5.86. The van der Waals surface area contributed by atoms with Gasteiger partial charge >= 0.3 is 5.97 Å². The van der Waals surface area contributed by atoms with Crippen LogP contribution in [0.15, 0.2) is 22.7 Å². The minimum absolute atomic E-state index is 0.0362. The van der Waals surface area contributed by atoms with Gasteiger partial charge in [-0.3, -0.25) is 4.79 Å². The van der Waals surface area contributed by atoms with Crippen LogP contribution in [0.4, 0.5) is 5.69 Å². The molecule has 5 heteroatoms. The Labute approximate surface area is 103 Å². The first-order valence-electron chi connectivity index (χ1n) is 4.98. The van der Waals surface area contributed by atoms with Crippen molar-refractivity contribution in [3.05, 3.63) is 28.2 Å². The van der Waals surface area contributed by atoms with E-state index < -0.39 is 5.97 Å². The molecule has 4 N–H and O–H groups in total. The highest BCUT2D eigenvalue weighted by molar-refractivity contribution is 9.10. The number of halogens is 1. The Kier molecular flexibility index (Phi) is 4.76. The summed E-state index contributed by atoms with van der Waals surface area (Å²) in [5.41, 5.74) is 7.58. The van der Waals surface area contributed by atoms with E-state index in [0.717, 1.165) is 15.7 Å². The normalized spacial score (nSPS) is 12.4. The molecule has 0 aliphatic heterocycles. The molecule has 0 radical (unpaired) electrons. The highest BCUT2D eigenvalue weighted by Crippen LogP contribution is 2.23. The van der Waals surface area contributed by atoms with Gasteiger partial charge in [0.2, 0.25) is 0 Å². The van der Waals surface area contributed by atoms with Gasteiger partial charge in [-0.1, -0.05) is 22.0 Å². The SMILES string of the molecule is CC(Cc1c(N)cccc1Br)NCC(=O)O. The van der Waals surface area contributed by atoms with Gasteiger partial charge in [-0.25, -0.2) is 0 Å². The molecular weight excluding hydrogens is 272 g/mol. The van der Waals surface area contributed by atoms with Crippen LogP contribution in [0.5, 0.6) is 0 Å². The summed E-state index contributed by atoms with van der Waals surface area (Å²) in [6, 6.07) is 5.70. The lowest BCUT2D eigenvalue weighted by atomic mass is 10.1. The van der Waals surface area contributed by atoms with Crippen LogP contribution in [0.1, 0.15) is 12.5 Å². The average Bonchev–Trinajstić information content (AvgIpc) is 2.21. The number of nitrogen functional groups attached to an aromatic ring is 1. The van der Waals surface area contributed by atoms with Gasteiger partial charge in [0.15, 0.2) is 0 Å². The molecule has 1 unspecified atom stereocenters. The zero-order chi connectivity index (χ0) is 12.1. The maximum Gasteiger partial charge on any atom is 0.317 e. The number of hydrogen-bond donors (Lipinski definition) is 3. The number of anilines is 1. The molecule has 0 heterocycles. The van der Waals surface area contributed by atoms with E-state index in [9.17, 15) is 4.79 Å². The summed E-state index contributed by atoms with van der Waals surface area (Å²) in [5.74, 6) is -0.855. The zero-order valence-corrected chi connectivity index (χ0v) is 10.6. The molecule has 0 bridgehead atoms. The summed E-state index contributed by atoms with van der Waals surface area (Å²) in [7, 11) is 0. The van der Waals surface area contributed by atoms with Crippen molar-refractivity contribution in [2.24, 2.45) is 0 Å². The molecule has 1 aromatic rings. The number of hydrogen-bond acceptors (Lipinski definition) is 3. The second-order valence-electron chi connectivity index (χ2n) is 3.69. The summed E-state index contributed by atoms with van der Waals surface area (Å²) in [6.07, 6.45) is 0.695. The van der Waals surface area contributed by atoms with Crippen molar-refractivity contribution in [2.75, 3.05) is 12.3 Å². The topological polar surface area (TPSA) is 75.3 Å². The van der Waals surface area contributed by atoms with E-state index in [-0.39, 0.29) is 12.6 Å². The lowest BCUT2D eigenvalue weighted by Crippen LogP contribution is -2.33. The van der Waals surface area contributed by atoms with Gasteiger partial charge in [0, 0.05) is 16.2 Å². The van der Waals surface area contributed by atoms with E-state index in [0.29, 0.717) is 6.42 Å². The number of carboxylic acid groups (broad SMARTS) is 1. The summed E-state index contributed by atoms with van der Waals surface area (Å²) >= 11 is 3.43. The predicted octanol–water partition coefficient (Wildman–Crippen LogP) is 1.64. The predicted molar refractivity (Wildman–Crippen MR) is 67.4 cm³/mol.